The van der Waals surface area contributed by atoms with Gasteiger partial charge in [-0.1, -0.05) is 37.6 Å². The first-order valence-corrected chi connectivity index (χ1v) is 6.78. The first kappa shape index (κ1) is 12.6. The highest BCUT2D eigenvalue weighted by atomic mass is 15.0. The largest absolute Gasteiger partial charge is 0.327 e. The van der Waals surface area contributed by atoms with Gasteiger partial charge in [0.1, 0.15) is 0 Å². The van der Waals surface area contributed by atoms with Gasteiger partial charge < -0.3 is 11.1 Å². The average Bonchev–Trinajstić information content (AvgIpc) is 2.34. The van der Waals surface area contributed by atoms with Crippen LogP contribution in [0.5, 0.6) is 0 Å². The molecule has 1 aromatic rings. The lowest BCUT2D eigenvalue weighted by Gasteiger charge is -2.34. The predicted octanol–water partition coefficient (Wildman–Crippen LogP) is 2.43. The zero-order chi connectivity index (χ0) is 12.3. The number of rotatable bonds is 3. The van der Waals surface area contributed by atoms with Gasteiger partial charge >= 0.3 is 0 Å². The normalized spacial score (nSPS) is 29.2. The molecule has 0 bridgehead atoms. The van der Waals surface area contributed by atoms with E-state index in [1.165, 1.54) is 24.0 Å². The maximum atomic E-state index is 6.04. The van der Waals surface area contributed by atoms with Crippen LogP contribution in [0.25, 0.3) is 0 Å². The number of nitrogens with one attached hydrogen (secondary N) is 1. The van der Waals surface area contributed by atoms with E-state index >= 15 is 0 Å². The van der Waals surface area contributed by atoms with E-state index in [0.29, 0.717) is 18.0 Å². The summed E-state index contributed by atoms with van der Waals surface area (Å²) in [4.78, 5) is 0. The van der Waals surface area contributed by atoms with E-state index in [1.54, 1.807) is 0 Å². The minimum Gasteiger partial charge on any atom is -0.327 e. The van der Waals surface area contributed by atoms with Gasteiger partial charge in [0.05, 0.1) is 0 Å². The molecule has 0 saturated carbocycles. The summed E-state index contributed by atoms with van der Waals surface area (Å²) in [5, 5.41) is 3.50. The smallest absolute Gasteiger partial charge is 0.0171 e. The molecule has 94 valence electrons. The Morgan fingerprint density at radius 2 is 2.00 bits per heavy atom. The van der Waals surface area contributed by atoms with Gasteiger partial charge in [0.2, 0.25) is 0 Å². The van der Waals surface area contributed by atoms with Crippen LogP contribution < -0.4 is 11.1 Å². The molecule has 3 atom stereocenters. The van der Waals surface area contributed by atoms with Gasteiger partial charge in [-0.3, -0.25) is 0 Å². The van der Waals surface area contributed by atoms with Crippen molar-refractivity contribution in [1.82, 2.24) is 5.32 Å². The Balaban J connectivity index is 2.10. The van der Waals surface area contributed by atoms with Crippen LogP contribution in [0.1, 0.15) is 43.7 Å². The van der Waals surface area contributed by atoms with Crippen LogP contribution in [-0.2, 0) is 6.42 Å². The first-order valence-electron chi connectivity index (χ1n) is 6.78. The molecule has 1 aromatic carbocycles. The second kappa shape index (κ2) is 5.65. The summed E-state index contributed by atoms with van der Waals surface area (Å²) in [6.07, 6.45) is 3.49. The fourth-order valence-corrected chi connectivity index (χ4v) is 2.74. The van der Waals surface area contributed by atoms with E-state index in [9.17, 15) is 0 Å². The molecule has 1 aliphatic heterocycles. The third kappa shape index (κ3) is 3.08. The maximum absolute atomic E-state index is 6.04. The highest BCUT2D eigenvalue weighted by Gasteiger charge is 2.26. The van der Waals surface area contributed by atoms with Crippen LogP contribution in [-0.4, -0.2) is 18.6 Å². The van der Waals surface area contributed by atoms with Crippen molar-refractivity contribution in [2.45, 2.75) is 51.1 Å². The Morgan fingerprint density at radius 1 is 1.29 bits per heavy atom. The first-order chi connectivity index (χ1) is 8.20. The molecule has 0 aliphatic carbocycles. The van der Waals surface area contributed by atoms with Crippen molar-refractivity contribution >= 4 is 0 Å². The van der Waals surface area contributed by atoms with Crippen molar-refractivity contribution in [1.29, 1.82) is 0 Å². The fraction of sp³-hybridized carbons (Fsp3) is 0.600. The second-order valence-corrected chi connectivity index (χ2v) is 5.29. The number of hydrogen-bond donors (Lipinski definition) is 2. The molecule has 2 rings (SSSR count). The van der Waals surface area contributed by atoms with Crippen LogP contribution in [0.3, 0.4) is 0 Å². The molecule has 1 fully saturated rings. The minimum absolute atomic E-state index is 0.298. The molecule has 17 heavy (non-hydrogen) atoms. The Labute approximate surface area is 105 Å². The number of nitrogens with two attached hydrogens (primary N) is 1. The lowest BCUT2D eigenvalue weighted by molar-refractivity contribution is 0.337. The topological polar surface area (TPSA) is 38.0 Å². The molecule has 3 unspecified atom stereocenters. The minimum atomic E-state index is 0.298. The van der Waals surface area contributed by atoms with E-state index in [2.05, 4.69) is 43.4 Å². The molecule has 3 N–H and O–H groups in total. The molecule has 1 heterocycles. The monoisotopic (exact) mass is 232 g/mol. The van der Waals surface area contributed by atoms with E-state index in [0.717, 1.165) is 13.0 Å². The highest BCUT2D eigenvalue weighted by molar-refractivity contribution is 5.27. The van der Waals surface area contributed by atoms with Gasteiger partial charge in [-0.05, 0) is 30.9 Å². The van der Waals surface area contributed by atoms with E-state index in [-0.39, 0.29) is 0 Å². The molecule has 0 spiro atoms. The Kier molecular flexibility index (Phi) is 4.19. The molecular formula is C15H24N2. The summed E-state index contributed by atoms with van der Waals surface area (Å²) < 4.78 is 0. The average molecular weight is 232 g/mol. The van der Waals surface area contributed by atoms with Gasteiger partial charge in [0.15, 0.2) is 0 Å². The summed E-state index contributed by atoms with van der Waals surface area (Å²) in [6, 6.07) is 9.94. The summed E-state index contributed by atoms with van der Waals surface area (Å²) in [6.45, 7) is 5.43. The van der Waals surface area contributed by atoms with E-state index in [1.807, 2.05) is 0 Å². The summed E-state index contributed by atoms with van der Waals surface area (Å²) in [5.41, 5.74) is 8.91. The quantitative estimate of drug-likeness (QED) is 0.840. The molecule has 1 aliphatic rings. The van der Waals surface area contributed by atoms with Crippen LogP contribution in [0.2, 0.25) is 0 Å². The Hall–Kier alpha value is -0.860. The van der Waals surface area contributed by atoms with Crippen molar-refractivity contribution in [3.05, 3.63) is 35.4 Å². The van der Waals surface area contributed by atoms with Gasteiger partial charge in [0, 0.05) is 24.5 Å². The lowest BCUT2D eigenvalue weighted by Crippen LogP contribution is -2.48. The molecule has 2 nitrogen and oxygen atoms in total. The highest BCUT2D eigenvalue weighted by Crippen LogP contribution is 2.27. The van der Waals surface area contributed by atoms with Crippen molar-refractivity contribution in [3.63, 3.8) is 0 Å². The van der Waals surface area contributed by atoms with Crippen molar-refractivity contribution in [3.8, 4) is 0 Å². The fourth-order valence-electron chi connectivity index (χ4n) is 2.74. The number of aryl methyl sites for hydroxylation is 1. The van der Waals surface area contributed by atoms with Gasteiger partial charge in [-0.25, -0.2) is 0 Å². The third-order valence-electron chi connectivity index (χ3n) is 3.81. The maximum Gasteiger partial charge on any atom is 0.0171 e. The van der Waals surface area contributed by atoms with Crippen molar-refractivity contribution in [2.75, 3.05) is 6.54 Å². The Morgan fingerprint density at radius 3 is 2.65 bits per heavy atom. The van der Waals surface area contributed by atoms with Gasteiger partial charge in [-0.15, -0.1) is 0 Å². The predicted molar refractivity (Wildman–Crippen MR) is 73.2 cm³/mol. The number of hydrogen-bond acceptors (Lipinski definition) is 2. The molecule has 0 aromatic heterocycles. The molecule has 1 saturated heterocycles. The summed E-state index contributed by atoms with van der Waals surface area (Å²) in [5.74, 6) is 0.564. The summed E-state index contributed by atoms with van der Waals surface area (Å²) >= 11 is 0. The van der Waals surface area contributed by atoms with Crippen LogP contribution in [0.15, 0.2) is 24.3 Å². The summed E-state index contributed by atoms with van der Waals surface area (Å²) in [7, 11) is 0. The lowest BCUT2D eigenvalue weighted by atomic mass is 9.83. The van der Waals surface area contributed by atoms with Crippen LogP contribution in [0, 0.1) is 0 Å². The van der Waals surface area contributed by atoms with Gasteiger partial charge in [-0.2, -0.15) is 0 Å². The van der Waals surface area contributed by atoms with Crippen LogP contribution >= 0.6 is 0 Å². The molecular weight excluding hydrogens is 208 g/mol. The third-order valence-corrected chi connectivity index (χ3v) is 3.81. The zero-order valence-electron chi connectivity index (χ0n) is 10.9. The van der Waals surface area contributed by atoms with Gasteiger partial charge in [0.25, 0.3) is 0 Å². The SMILES string of the molecule is CCCc1ccc(C2CC(N)CNC2C)cc1. The standard InChI is InChI=1S/C15H24N2/c1-3-4-12-5-7-13(8-6-12)15-9-14(16)10-17-11(15)2/h5-8,11,14-15,17H,3-4,9-10,16H2,1-2H3. The Bertz CT molecular complexity index is 344. The van der Waals surface area contributed by atoms with Crippen molar-refractivity contribution in [2.24, 2.45) is 5.73 Å². The molecule has 0 amide bonds. The number of piperidine rings is 1. The van der Waals surface area contributed by atoms with E-state index in [4.69, 9.17) is 5.73 Å². The van der Waals surface area contributed by atoms with Crippen molar-refractivity contribution < 1.29 is 0 Å². The second-order valence-electron chi connectivity index (χ2n) is 5.29. The molecule has 2 heteroatoms. The number of benzene rings is 1. The molecule has 0 radical (unpaired) electrons. The van der Waals surface area contributed by atoms with Crippen LogP contribution in [0.4, 0.5) is 0 Å². The zero-order valence-corrected chi connectivity index (χ0v) is 10.9. The van der Waals surface area contributed by atoms with E-state index < -0.39 is 0 Å².